The Kier molecular flexibility index (Phi) is 5.64. The first-order chi connectivity index (χ1) is 14.0. The van der Waals surface area contributed by atoms with E-state index in [2.05, 4.69) is 5.32 Å². The molecule has 2 aromatic rings. The molecule has 0 radical (unpaired) electrons. The Balaban J connectivity index is 1.37. The predicted molar refractivity (Wildman–Crippen MR) is 103 cm³/mol. The highest BCUT2D eigenvalue weighted by Crippen LogP contribution is 2.35. The summed E-state index contributed by atoms with van der Waals surface area (Å²) in [6.07, 6.45) is 0.297. The minimum absolute atomic E-state index is 0.00208. The van der Waals surface area contributed by atoms with Gasteiger partial charge in [-0.3, -0.25) is 5.32 Å². The van der Waals surface area contributed by atoms with E-state index in [0.29, 0.717) is 39.1 Å². The Bertz CT molecular complexity index is 839. The number of nitrogens with one attached hydrogen (secondary N) is 1. The van der Waals surface area contributed by atoms with Crippen LogP contribution in [0.5, 0.6) is 0 Å². The Hall–Kier alpha value is -2.71. The number of piperidine rings is 1. The normalized spacial score (nSPS) is 18.1. The monoisotopic (exact) mass is 404 g/mol. The minimum Gasteiger partial charge on any atom is -0.444 e. The SMILES string of the molecule is O=C(Nc1cc(F)c(N2CCC3(CC2)OCCO3)c(F)c1)OCc1ccccc1. The van der Waals surface area contributed by atoms with Gasteiger partial charge in [0.2, 0.25) is 0 Å². The molecule has 1 spiro atoms. The number of anilines is 2. The Morgan fingerprint density at radius 2 is 1.69 bits per heavy atom. The zero-order chi connectivity index (χ0) is 20.3. The predicted octanol–water partition coefficient (Wildman–Crippen LogP) is 4.06. The smallest absolute Gasteiger partial charge is 0.411 e. The first-order valence-electron chi connectivity index (χ1n) is 9.54. The highest BCUT2D eigenvalue weighted by Gasteiger charge is 2.40. The van der Waals surface area contributed by atoms with Gasteiger partial charge in [0.15, 0.2) is 17.4 Å². The van der Waals surface area contributed by atoms with Crippen LogP contribution in [-0.2, 0) is 20.8 Å². The summed E-state index contributed by atoms with van der Waals surface area (Å²) in [5.41, 5.74) is 0.701. The summed E-state index contributed by atoms with van der Waals surface area (Å²) in [6.45, 7) is 1.99. The molecule has 2 fully saturated rings. The van der Waals surface area contributed by atoms with Gasteiger partial charge in [-0.25, -0.2) is 13.6 Å². The summed E-state index contributed by atoms with van der Waals surface area (Å²) in [5.74, 6) is -2.10. The van der Waals surface area contributed by atoms with Crippen LogP contribution in [0.1, 0.15) is 18.4 Å². The van der Waals surface area contributed by atoms with Crippen molar-refractivity contribution in [3.05, 3.63) is 59.7 Å². The van der Waals surface area contributed by atoms with Gasteiger partial charge < -0.3 is 19.1 Å². The molecule has 29 heavy (non-hydrogen) atoms. The van der Waals surface area contributed by atoms with Gasteiger partial charge in [-0.2, -0.15) is 0 Å². The van der Waals surface area contributed by atoms with Gasteiger partial charge in [0.25, 0.3) is 0 Å². The van der Waals surface area contributed by atoms with Gasteiger partial charge in [0, 0.05) is 31.6 Å². The lowest BCUT2D eigenvalue weighted by Crippen LogP contribution is -2.45. The summed E-state index contributed by atoms with van der Waals surface area (Å²) < 4.78 is 45.6. The van der Waals surface area contributed by atoms with Crippen LogP contribution >= 0.6 is 0 Å². The molecule has 0 unspecified atom stereocenters. The molecular formula is C21H22F2N2O4. The third-order valence-corrected chi connectivity index (χ3v) is 5.13. The number of nitrogens with zero attached hydrogens (tertiary/aromatic N) is 1. The summed E-state index contributed by atoms with van der Waals surface area (Å²) in [5, 5.41) is 2.36. The molecule has 154 valence electrons. The fourth-order valence-electron chi connectivity index (χ4n) is 3.67. The molecule has 0 bridgehead atoms. The van der Waals surface area contributed by atoms with Crippen LogP contribution in [0.2, 0.25) is 0 Å². The lowest BCUT2D eigenvalue weighted by molar-refractivity contribution is -0.169. The topological polar surface area (TPSA) is 60.0 Å². The zero-order valence-corrected chi connectivity index (χ0v) is 15.8. The van der Waals surface area contributed by atoms with E-state index >= 15 is 0 Å². The molecule has 0 saturated carbocycles. The number of halogens is 2. The van der Waals surface area contributed by atoms with Gasteiger partial charge >= 0.3 is 6.09 Å². The Labute approximate surface area is 167 Å². The highest BCUT2D eigenvalue weighted by molar-refractivity contribution is 5.85. The molecule has 2 heterocycles. The van der Waals surface area contributed by atoms with Crippen LogP contribution < -0.4 is 10.2 Å². The molecule has 1 amide bonds. The van der Waals surface area contributed by atoms with Crippen LogP contribution in [0.3, 0.4) is 0 Å². The average Bonchev–Trinajstić information content (AvgIpc) is 3.16. The number of carbonyl (C=O) groups excluding carboxylic acids is 1. The second-order valence-electron chi connectivity index (χ2n) is 7.07. The molecule has 0 aliphatic carbocycles. The van der Waals surface area contributed by atoms with Gasteiger partial charge in [0.05, 0.1) is 13.2 Å². The van der Waals surface area contributed by atoms with E-state index in [4.69, 9.17) is 14.2 Å². The van der Waals surface area contributed by atoms with Crippen molar-refractivity contribution in [2.75, 3.05) is 36.5 Å². The van der Waals surface area contributed by atoms with Crippen LogP contribution in [0.15, 0.2) is 42.5 Å². The lowest BCUT2D eigenvalue weighted by atomic mass is 10.0. The fraction of sp³-hybridized carbons (Fsp3) is 0.381. The molecule has 6 nitrogen and oxygen atoms in total. The van der Waals surface area contributed by atoms with Gasteiger partial charge in [0.1, 0.15) is 12.3 Å². The van der Waals surface area contributed by atoms with Gasteiger partial charge in [-0.05, 0) is 17.7 Å². The number of benzene rings is 2. The first-order valence-corrected chi connectivity index (χ1v) is 9.54. The quantitative estimate of drug-likeness (QED) is 0.833. The number of hydrogen-bond donors (Lipinski definition) is 1. The molecule has 8 heteroatoms. The van der Waals surface area contributed by atoms with Gasteiger partial charge in [-0.1, -0.05) is 30.3 Å². The molecule has 0 aromatic heterocycles. The number of ether oxygens (including phenoxy) is 3. The van der Waals surface area contributed by atoms with E-state index < -0.39 is 23.5 Å². The highest BCUT2D eigenvalue weighted by atomic mass is 19.1. The van der Waals surface area contributed by atoms with Crippen molar-refractivity contribution in [1.82, 2.24) is 0 Å². The van der Waals surface area contributed by atoms with Crippen LogP contribution in [-0.4, -0.2) is 38.2 Å². The fourth-order valence-corrected chi connectivity index (χ4v) is 3.67. The number of amides is 1. The standard InChI is InChI=1S/C21H22F2N2O4/c22-17-12-16(24-20(26)27-14-15-4-2-1-3-5-15)13-18(23)19(17)25-8-6-21(7-9-25)28-10-11-29-21/h1-5,12-13H,6-11,14H2,(H,24,26). The van der Waals surface area contributed by atoms with Crippen LogP contribution in [0.4, 0.5) is 25.0 Å². The third-order valence-electron chi connectivity index (χ3n) is 5.13. The number of rotatable bonds is 4. The molecule has 2 aromatic carbocycles. The molecular weight excluding hydrogens is 382 g/mol. The molecule has 2 aliphatic rings. The molecule has 0 atom stereocenters. The number of carbonyl (C=O) groups is 1. The molecule has 2 saturated heterocycles. The first kappa shape index (κ1) is 19.6. The maximum atomic E-state index is 14.6. The summed E-state index contributed by atoms with van der Waals surface area (Å²) in [6, 6.07) is 11.3. The zero-order valence-electron chi connectivity index (χ0n) is 15.8. The maximum absolute atomic E-state index is 14.6. The lowest BCUT2D eigenvalue weighted by Gasteiger charge is -2.38. The Morgan fingerprint density at radius 3 is 2.31 bits per heavy atom. The van der Waals surface area contributed by atoms with Crippen molar-refractivity contribution < 1.29 is 27.8 Å². The number of hydrogen-bond acceptors (Lipinski definition) is 5. The second-order valence-corrected chi connectivity index (χ2v) is 7.07. The second kappa shape index (κ2) is 8.34. The largest absolute Gasteiger partial charge is 0.444 e. The van der Waals surface area contributed by atoms with Crippen molar-refractivity contribution in [3.63, 3.8) is 0 Å². The van der Waals surface area contributed by atoms with Crippen molar-refractivity contribution in [1.29, 1.82) is 0 Å². The minimum atomic E-state index is -0.782. The van der Waals surface area contributed by atoms with Crippen molar-refractivity contribution in [2.45, 2.75) is 25.2 Å². The summed E-state index contributed by atoms with van der Waals surface area (Å²) in [4.78, 5) is 13.6. The Morgan fingerprint density at radius 1 is 1.07 bits per heavy atom. The summed E-state index contributed by atoms with van der Waals surface area (Å²) in [7, 11) is 0. The maximum Gasteiger partial charge on any atom is 0.411 e. The van der Waals surface area contributed by atoms with Gasteiger partial charge in [-0.15, -0.1) is 0 Å². The molecule has 2 aliphatic heterocycles. The summed E-state index contributed by atoms with van der Waals surface area (Å²) >= 11 is 0. The van der Waals surface area contributed by atoms with E-state index in [9.17, 15) is 13.6 Å². The van der Waals surface area contributed by atoms with Crippen molar-refractivity contribution in [3.8, 4) is 0 Å². The van der Waals surface area contributed by atoms with E-state index in [1.54, 1.807) is 4.90 Å². The van der Waals surface area contributed by atoms with Crippen molar-refractivity contribution >= 4 is 17.5 Å². The molecule has 1 N–H and O–H groups in total. The van der Waals surface area contributed by atoms with E-state index in [0.717, 1.165) is 17.7 Å². The van der Waals surface area contributed by atoms with Crippen molar-refractivity contribution in [2.24, 2.45) is 0 Å². The molecule has 4 rings (SSSR count). The van der Waals surface area contributed by atoms with E-state index in [1.165, 1.54) is 0 Å². The third kappa shape index (κ3) is 4.49. The van der Waals surface area contributed by atoms with E-state index in [1.807, 2.05) is 30.3 Å². The van der Waals surface area contributed by atoms with Crippen LogP contribution in [0, 0.1) is 11.6 Å². The van der Waals surface area contributed by atoms with E-state index in [-0.39, 0.29) is 18.0 Å². The average molecular weight is 404 g/mol. The van der Waals surface area contributed by atoms with Crippen LogP contribution in [0.25, 0.3) is 0 Å².